The van der Waals surface area contributed by atoms with Crippen LogP contribution < -0.4 is 0 Å². The maximum Gasteiger partial charge on any atom is 0.529 e. The highest BCUT2D eigenvalue weighted by Crippen LogP contribution is 2.53. The van der Waals surface area contributed by atoms with Gasteiger partial charge in [-0.2, -0.15) is 0 Å². The average Bonchev–Trinajstić information content (AvgIpc) is 2.62. The van der Waals surface area contributed by atoms with Crippen molar-refractivity contribution < 1.29 is 42.0 Å². The summed E-state index contributed by atoms with van der Waals surface area (Å²) in [4.78, 5) is 36.8. The monoisotopic (exact) mass is 406 g/mol. The third kappa shape index (κ3) is 6.16. The van der Waals surface area contributed by atoms with E-state index in [1.54, 1.807) is 13.8 Å². The quantitative estimate of drug-likeness (QED) is 0.177. The second kappa shape index (κ2) is 10.6. The van der Waals surface area contributed by atoms with Gasteiger partial charge in [-0.1, -0.05) is 6.42 Å². The standard InChI is InChI=1S/C17H27O9P/c1-5-24-27(21,25-6-2)26-13(11-15(19)22-3)12-17(16(20)23-4)10-8-7-9-14(17)18/h11H,5-10,12H2,1-4H3/b13-11-. The molecule has 9 nitrogen and oxygen atoms in total. The topological polar surface area (TPSA) is 114 Å². The van der Waals surface area contributed by atoms with Gasteiger partial charge in [0.15, 0.2) is 5.78 Å². The second-order valence-electron chi connectivity index (χ2n) is 5.89. The van der Waals surface area contributed by atoms with Crippen LogP contribution in [0.25, 0.3) is 0 Å². The van der Waals surface area contributed by atoms with Crippen molar-refractivity contribution in [1.82, 2.24) is 0 Å². The van der Waals surface area contributed by atoms with Gasteiger partial charge in [-0.3, -0.25) is 18.6 Å². The van der Waals surface area contributed by atoms with Crippen LogP contribution in [0.4, 0.5) is 0 Å². The number of phosphoric ester groups is 1. The Balaban J connectivity index is 3.28. The molecule has 1 rings (SSSR count). The summed E-state index contributed by atoms with van der Waals surface area (Å²) in [7, 11) is -1.70. The first-order chi connectivity index (χ1) is 12.8. The number of carbonyl (C=O) groups is 3. The van der Waals surface area contributed by atoms with E-state index in [1.807, 2.05) is 0 Å². The molecule has 0 saturated heterocycles. The van der Waals surface area contributed by atoms with E-state index in [2.05, 4.69) is 4.74 Å². The molecule has 154 valence electrons. The summed E-state index contributed by atoms with van der Waals surface area (Å²) >= 11 is 0. The van der Waals surface area contributed by atoms with E-state index in [0.29, 0.717) is 12.8 Å². The summed E-state index contributed by atoms with van der Waals surface area (Å²) < 4.78 is 37.6. The van der Waals surface area contributed by atoms with Crippen molar-refractivity contribution >= 4 is 25.5 Å². The van der Waals surface area contributed by atoms with Gasteiger partial charge in [0.25, 0.3) is 0 Å². The molecule has 1 aliphatic rings. The Bertz CT molecular complexity index is 608. The lowest BCUT2D eigenvalue weighted by Gasteiger charge is -2.33. The lowest BCUT2D eigenvalue weighted by atomic mass is 9.70. The van der Waals surface area contributed by atoms with Crippen LogP contribution in [0, 0.1) is 5.41 Å². The average molecular weight is 406 g/mol. The summed E-state index contributed by atoms with van der Waals surface area (Å²) in [5, 5.41) is 0. The van der Waals surface area contributed by atoms with Crippen molar-refractivity contribution in [1.29, 1.82) is 0 Å². The molecule has 1 atom stereocenters. The van der Waals surface area contributed by atoms with Crippen LogP contribution in [-0.4, -0.2) is 45.2 Å². The predicted molar refractivity (Wildman–Crippen MR) is 94.6 cm³/mol. The SMILES string of the molecule is CCOP(=O)(OCC)O/C(=C\C(=O)OC)CC1(C(=O)OC)CCCCC1=O. The minimum absolute atomic E-state index is 0.0316. The Labute approximate surface area is 158 Å². The molecule has 0 aromatic carbocycles. The number of esters is 2. The zero-order valence-corrected chi connectivity index (χ0v) is 17.0. The number of hydrogen-bond acceptors (Lipinski definition) is 9. The van der Waals surface area contributed by atoms with Gasteiger partial charge in [0.2, 0.25) is 0 Å². The molecule has 1 unspecified atom stereocenters. The molecule has 0 aromatic rings. The zero-order valence-electron chi connectivity index (χ0n) is 16.1. The molecule has 0 amide bonds. The fourth-order valence-electron chi connectivity index (χ4n) is 2.91. The van der Waals surface area contributed by atoms with Gasteiger partial charge in [-0.05, 0) is 26.7 Å². The molecule has 0 aliphatic heterocycles. The minimum Gasteiger partial charge on any atom is -0.468 e. The van der Waals surface area contributed by atoms with E-state index in [1.165, 1.54) is 7.11 Å². The molecule has 0 radical (unpaired) electrons. The number of rotatable bonds is 10. The van der Waals surface area contributed by atoms with Crippen molar-refractivity contribution in [3.63, 3.8) is 0 Å². The minimum atomic E-state index is -4.04. The Morgan fingerprint density at radius 2 is 1.74 bits per heavy atom. The summed E-state index contributed by atoms with van der Waals surface area (Å²) in [6.45, 7) is 3.26. The summed E-state index contributed by atoms with van der Waals surface area (Å²) in [6.07, 6.45) is 2.34. The zero-order chi connectivity index (χ0) is 20.5. The molecule has 0 aromatic heterocycles. The molecular formula is C17H27O9P. The second-order valence-corrected chi connectivity index (χ2v) is 7.48. The number of ether oxygens (including phenoxy) is 2. The molecule has 0 bridgehead atoms. The third-order valence-corrected chi connectivity index (χ3v) is 5.73. The van der Waals surface area contributed by atoms with Crippen molar-refractivity contribution in [2.24, 2.45) is 5.41 Å². The maximum absolute atomic E-state index is 12.7. The van der Waals surface area contributed by atoms with E-state index in [-0.39, 0.29) is 44.0 Å². The first-order valence-corrected chi connectivity index (χ1v) is 10.2. The van der Waals surface area contributed by atoms with E-state index in [0.717, 1.165) is 13.2 Å². The Hall–Kier alpha value is -1.70. The van der Waals surface area contributed by atoms with Gasteiger partial charge in [-0.25, -0.2) is 9.36 Å². The van der Waals surface area contributed by atoms with Gasteiger partial charge in [-0.15, -0.1) is 0 Å². The Kier molecular flexibility index (Phi) is 9.15. The molecule has 0 N–H and O–H groups in total. The molecular weight excluding hydrogens is 379 g/mol. The van der Waals surface area contributed by atoms with Crippen LogP contribution >= 0.6 is 7.82 Å². The number of carbonyl (C=O) groups excluding carboxylic acids is 3. The third-order valence-electron chi connectivity index (χ3n) is 4.13. The first-order valence-electron chi connectivity index (χ1n) is 8.75. The lowest BCUT2D eigenvalue weighted by molar-refractivity contribution is -0.160. The van der Waals surface area contributed by atoms with Crippen molar-refractivity contribution in [2.75, 3.05) is 27.4 Å². The van der Waals surface area contributed by atoms with E-state index < -0.39 is 25.2 Å². The van der Waals surface area contributed by atoms with Crippen molar-refractivity contribution in [3.8, 4) is 0 Å². The molecule has 27 heavy (non-hydrogen) atoms. The molecule has 1 fully saturated rings. The Morgan fingerprint density at radius 3 is 2.22 bits per heavy atom. The maximum atomic E-state index is 12.7. The van der Waals surface area contributed by atoms with Crippen molar-refractivity contribution in [2.45, 2.75) is 46.0 Å². The van der Waals surface area contributed by atoms with Gasteiger partial charge in [0, 0.05) is 12.8 Å². The molecule has 10 heteroatoms. The molecule has 0 heterocycles. The number of methoxy groups -OCH3 is 2. The number of allylic oxidation sites excluding steroid dienone is 1. The normalized spacial score (nSPS) is 20.9. The fourth-order valence-corrected chi connectivity index (χ4v) is 4.13. The lowest BCUT2D eigenvalue weighted by Crippen LogP contribution is -2.43. The Morgan fingerprint density at radius 1 is 1.11 bits per heavy atom. The summed E-state index contributed by atoms with van der Waals surface area (Å²) in [5.74, 6) is -2.04. The molecule has 1 saturated carbocycles. The van der Waals surface area contributed by atoms with E-state index in [4.69, 9.17) is 18.3 Å². The largest absolute Gasteiger partial charge is 0.529 e. The van der Waals surface area contributed by atoms with Gasteiger partial charge in [0.1, 0.15) is 11.2 Å². The molecule has 0 spiro atoms. The van der Waals surface area contributed by atoms with Crippen molar-refractivity contribution in [3.05, 3.63) is 11.8 Å². The van der Waals surface area contributed by atoms with Crippen LogP contribution in [-0.2, 0) is 42.0 Å². The fraction of sp³-hybridized carbons (Fsp3) is 0.706. The van der Waals surface area contributed by atoms with Crippen LogP contribution in [0.15, 0.2) is 11.8 Å². The first kappa shape index (κ1) is 23.3. The predicted octanol–water partition coefficient (Wildman–Crippen LogP) is 2.93. The number of ketones is 1. The number of phosphoric acid groups is 1. The number of hydrogen-bond donors (Lipinski definition) is 0. The summed E-state index contributed by atoms with van der Waals surface area (Å²) in [5.41, 5.74) is -1.52. The highest BCUT2D eigenvalue weighted by atomic mass is 31.2. The van der Waals surface area contributed by atoms with E-state index >= 15 is 0 Å². The van der Waals surface area contributed by atoms with Crippen LogP contribution in [0.3, 0.4) is 0 Å². The summed E-state index contributed by atoms with van der Waals surface area (Å²) in [6, 6.07) is 0. The van der Waals surface area contributed by atoms with Crippen LogP contribution in [0.5, 0.6) is 0 Å². The highest BCUT2D eigenvalue weighted by molar-refractivity contribution is 7.48. The van der Waals surface area contributed by atoms with Crippen LogP contribution in [0.2, 0.25) is 0 Å². The van der Waals surface area contributed by atoms with Gasteiger partial charge in [0.05, 0.1) is 33.5 Å². The highest BCUT2D eigenvalue weighted by Gasteiger charge is 2.49. The van der Waals surface area contributed by atoms with Gasteiger partial charge < -0.3 is 14.0 Å². The van der Waals surface area contributed by atoms with Crippen LogP contribution in [0.1, 0.15) is 46.0 Å². The number of Topliss-reactive ketones (excluding diaryl/α,β-unsaturated/α-hetero) is 1. The molecule has 1 aliphatic carbocycles. The van der Waals surface area contributed by atoms with E-state index in [9.17, 15) is 18.9 Å². The van der Waals surface area contributed by atoms with Gasteiger partial charge >= 0.3 is 19.8 Å². The smallest absolute Gasteiger partial charge is 0.468 e.